The molecule has 18 heavy (non-hydrogen) atoms. The number of carbonyl (C=O) groups is 1. The van der Waals surface area contributed by atoms with Crippen molar-refractivity contribution >= 4 is 35.0 Å². The van der Waals surface area contributed by atoms with Gasteiger partial charge in [0.1, 0.15) is 6.04 Å². The number of hydrogen-bond donors (Lipinski definition) is 2. The number of rotatable bonds is 6. The summed E-state index contributed by atoms with van der Waals surface area (Å²) in [4.78, 5) is 20.8. The summed E-state index contributed by atoms with van der Waals surface area (Å²) in [6.07, 6.45) is 0. The molecule has 0 radical (unpaired) electrons. The van der Waals surface area contributed by atoms with E-state index in [0.29, 0.717) is 10.6 Å². The Balaban J connectivity index is 2.69. The van der Waals surface area contributed by atoms with E-state index in [4.69, 9.17) is 22.4 Å². The van der Waals surface area contributed by atoms with E-state index < -0.39 is 16.9 Å². The molecule has 1 aromatic carbocycles. The van der Waals surface area contributed by atoms with E-state index >= 15 is 0 Å². The largest absolute Gasteiger partial charge is 0.480 e. The summed E-state index contributed by atoms with van der Waals surface area (Å²) >= 11 is 6.98. The third kappa shape index (κ3) is 4.17. The van der Waals surface area contributed by atoms with Crippen LogP contribution in [-0.2, 0) is 10.5 Å². The lowest BCUT2D eigenvalue weighted by Crippen LogP contribution is -2.32. The van der Waals surface area contributed by atoms with E-state index in [1.807, 2.05) is 0 Å². The highest BCUT2D eigenvalue weighted by Gasteiger charge is 2.16. The van der Waals surface area contributed by atoms with E-state index in [2.05, 4.69) is 0 Å². The summed E-state index contributed by atoms with van der Waals surface area (Å²) in [6.45, 7) is 0. The number of nitro groups is 1. The molecule has 3 N–H and O–H groups in total. The fourth-order valence-electron chi connectivity index (χ4n) is 1.21. The molecule has 6 nitrogen and oxygen atoms in total. The van der Waals surface area contributed by atoms with Gasteiger partial charge < -0.3 is 10.8 Å². The molecule has 1 rings (SSSR count). The van der Waals surface area contributed by atoms with Crippen LogP contribution in [0.2, 0.25) is 5.02 Å². The van der Waals surface area contributed by atoms with Crippen molar-refractivity contribution in [2.75, 3.05) is 5.75 Å². The molecule has 0 amide bonds. The van der Waals surface area contributed by atoms with Crippen LogP contribution in [0, 0.1) is 10.1 Å². The summed E-state index contributed by atoms with van der Waals surface area (Å²) in [7, 11) is 0. The van der Waals surface area contributed by atoms with Crippen LogP contribution in [0.1, 0.15) is 5.56 Å². The van der Waals surface area contributed by atoms with Crippen molar-refractivity contribution in [3.63, 3.8) is 0 Å². The second-order valence-corrected chi connectivity index (χ2v) is 4.96. The first kappa shape index (κ1) is 14.7. The first-order valence-electron chi connectivity index (χ1n) is 4.90. The molecule has 1 atom stereocenters. The van der Waals surface area contributed by atoms with Gasteiger partial charge in [-0.15, -0.1) is 0 Å². The maximum Gasteiger partial charge on any atom is 0.321 e. The summed E-state index contributed by atoms with van der Waals surface area (Å²) < 4.78 is 0. The van der Waals surface area contributed by atoms with Gasteiger partial charge in [-0.1, -0.05) is 11.6 Å². The number of nitrogens with zero attached hydrogens (tertiary/aromatic N) is 1. The van der Waals surface area contributed by atoms with Gasteiger partial charge in [0.05, 0.1) is 4.92 Å². The Morgan fingerprint density at radius 3 is 2.83 bits per heavy atom. The number of halogens is 1. The Morgan fingerprint density at radius 2 is 2.28 bits per heavy atom. The minimum absolute atomic E-state index is 0.0317. The van der Waals surface area contributed by atoms with Crippen LogP contribution >= 0.6 is 23.4 Å². The van der Waals surface area contributed by atoms with Crippen LogP contribution < -0.4 is 5.73 Å². The highest BCUT2D eigenvalue weighted by Crippen LogP contribution is 2.26. The average molecular weight is 291 g/mol. The van der Waals surface area contributed by atoms with Crippen LogP contribution in [0.25, 0.3) is 0 Å². The first-order valence-corrected chi connectivity index (χ1v) is 6.44. The van der Waals surface area contributed by atoms with Gasteiger partial charge in [-0.05, 0) is 12.1 Å². The van der Waals surface area contributed by atoms with E-state index in [1.165, 1.54) is 30.0 Å². The summed E-state index contributed by atoms with van der Waals surface area (Å²) in [5.74, 6) is -0.625. The SMILES string of the molecule is N[C@H](CSCc1cc(Cl)ccc1[N+](=O)[O-])C(=O)O. The average Bonchev–Trinajstić information content (AvgIpc) is 2.28. The van der Waals surface area contributed by atoms with Gasteiger partial charge >= 0.3 is 5.97 Å². The smallest absolute Gasteiger partial charge is 0.321 e. The van der Waals surface area contributed by atoms with Gasteiger partial charge in [0.25, 0.3) is 5.69 Å². The van der Waals surface area contributed by atoms with Gasteiger partial charge in [0.15, 0.2) is 0 Å². The summed E-state index contributed by atoms with van der Waals surface area (Å²) in [6, 6.07) is 3.29. The zero-order chi connectivity index (χ0) is 13.7. The number of benzene rings is 1. The predicted molar refractivity (Wildman–Crippen MR) is 69.9 cm³/mol. The van der Waals surface area contributed by atoms with Crippen LogP contribution in [0.3, 0.4) is 0 Å². The van der Waals surface area contributed by atoms with Crippen molar-refractivity contribution in [1.29, 1.82) is 0 Å². The number of aliphatic carboxylic acids is 1. The normalized spacial score (nSPS) is 12.1. The number of nitro benzene ring substituents is 1. The Labute approximate surface area is 112 Å². The highest BCUT2D eigenvalue weighted by molar-refractivity contribution is 7.98. The van der Waals surface area contributed by atoms with Gasteiger partial charge in [-0.25, -0.2) is 0 Å². The second kappa shape index (κ2) is 6.58. The van der Waals surface area contributed by atoms with Crippen molar-refractivity contribution in [2.45, 2.75) is 11.8 Å². The first-order chi connectivity index (χ1) is 8.41. The van der Waals surface area contributed by atoms with Gasteiger partial charge in [-0.2, -0.15) is 11.8 Å². The van der Waals surface area contributed by atoms with Crippen LogP contribution in [0.15, 0.2) is 18.2 Å². The lowest BCUT2D eigenvalue weighted by molar-refractivity contribution is -0.385. The van der Waals surface area contributed by atoms with Gasteiger partial charge in [0, 0.05) is 28.2 Å². The molecule has 0 spiro atoms. The van der Waals surface area contributed by atoms with Gasteiger partial charge in [0.2, 0.25) is 0 Å². The Kier molecular flexibility index (Phi) is 5.39. The molecule has 0 aromatic heterocycles. The molecule has 0 aliphatic rings. The van der Waals surface area contributed by atoms with E-state index in [0.717, 1.165) is 0 Å². The maximum absolute atomic E-state index is 10.8. The number of hydrogen-bond acceptors (Lipinski definition) is 5. The standard InChI is InChI=1S/C10H11ClN2O4S/c11-7-1-2-9(13(16)17)6(3-7)4-18-5-8(12)10(14)15/h1-3,8H,4-5,12H2,(H,14,15)/t8-/m1/s1. The molecule has 0 aliphatic heterocycles. The predicted octanol–water partition coefficient (Wildman–Crippen LogP) is 1.89. The molecule has 1 aromatic rings. The number of carboxylic acids is 1. The molecule has 0 saturated carbocycles. The van der Waals surface area contributed by atoms with Crippen LogP contribution in [-0.4, -0.2) is 27.8 Å². The molecular weight excluding hydrogens is 280 g/mol. The highest BCUT2D eigenvalue weighted by atomic mass is 35.5. The van der Waals surface area contributed by atoms with E-state index in [-0.39, 0.29) is 17.2 Å². The molecule has 8 heteroatoms. The van der Waals surface area contributed by atoms with Crippen molar-refractivity contribution < 1.29 is 14.8 Å². The van der Waals surface area contributed by atoms with Crippen molar-refractivity contribution in [3.05, 3.63) is 38.9 Å². The van der Waals surface area contributed by atoms with Crippen molar-refractivity contribution in [1.82, 2.24) is 0 Å². The lowest BCUT2D eigenvalue weighted by Gasteiger charge is -2.06. The monoisotopic (exact) mass is 290 g/mol. The number of nitrogens with two attached hydrogens (primary N) is 1. The summed E-state index contributed by atoms with van der Waals surface area (Å²) in [5, 5.41) is 19.8. The van der Waals surface area contributed by atoms with E-state index in [1.54, 1.807) is 0 Å². The number of carboxylic acid groups (broad SMARTS) is 1. The third-order valence-electron chi connectivity index (χ3n) is 2.11. The van der Waals surface area contributed by atoms with E-state index in [9.17, 15) is 14.9 Å². The van der Waals surface area contributed by atoms with Crippen molar-refractivity contribution in [3.8, 4) is 0 Å². The van der Waals surface area contributed by atoms with Crippen LogP contribution in [0.4, 0.5) is 5.69 Å². The molecule has 0 saturated heterocycles. The summed E-state index contributed by atoms with van der Waals surface area (Å²) in [5.41, 5.74) is 5.75. The topological polar surface area (TPSA) is 106 Å². The fraction of sp³-hybridized carbons (Fsp3) is 0.300. The fourth-order valence-corrected chi connectivity index (χ4v) is 2.38. The lowest BCUT2D eigenvalue weighted by atomic mass is 10.2. The zero-order valence-electron chi connectivity index (χ0n) is 9.21. The Morgan fingerprint density at radius 1 is 1.61 bits per heavy atom. The maximum atomic E-state index is 10.8. The molecule has 0 unspecified atom stereocenters. The molecular formula is C10H11ClN2O4S. The molecule has 98 valence electrons. The Hall–Kier alpha value is -1.31. The van der Waals surface area contributed by atoms with Gasteiger partial charge in [-0.3, -0.25) is 14.9 Å². The minimum Gasteiger partial charge on any atom is -0.480 e. The second-order valence-electron chi connectivity index (χ2n) is 3.49. The third-order valence-corrected chi connectivity index (χ3v) is 3.46. The minimum atomic E-state index is -1.09. The Bertz CT molecular complexity index is 469. The zero-order valence-corrected chi connectivity index (χ0v) is 10.8. The molecule has 0 aliphatic carbocycles. The van der Waals surface area contributed by atoms with Crippen molar-refractivity contribution in [2.24, 2.45) is 5.73 Å². The molecule has 0 bridgehead atoms. The molecule has 0 heterocycles. The molecule has 0 fully saturated rings. The van der Waals surface area contributed by atoms with Crippen LogP contribution in [0.5, 0.6) is 0 Å². The number of thioether (sulfide) groups is 1. The quantitative estimate of drug-likeness (QED) is 0.612.